The Labute approximate surface area is 186 Å². The number of nitrogens with one attached hydrogen (secondary N) is 1. The summed E-state index contributed by atoms with van der Waals surface area (Å²) in [6, 6.07) is 12.6. The Morgan fingerprint density at radius 3 is 2.66 bits per heavy atom. The third-order valence-corrected chi connectivity index (χ3v) is 6.41. The van der Waals surface area contributed by atoms with Crippen LogP contribution in [0.1, 0.15) is 29.9 Å². The molecule has 0 spiro atoms. The molecule has 3 aliphatic rings. The summed E-state index contributed by atoms with van der Waals surface area (Å²) in [7, 11) is 0. The molecule has 2 heterocycles. The van der Waals surface area contributed by atoms with Gasteiger partial charge in [0.15, 0.2) is 0 Å². The topological polar surface area (TPSA) is 72.9 Å². The molecule has 2 saturated heterocycles. The SMILES string of the molecule is O=C(Nc1cccc(F)c1)N1CC(=O)N2[C@H](CO)[C@@H](c3ccc(C#CC4CC4)cc3)[C@H]2C1. The summed E-state index contributed by atoms with van der Waals surface area (Å²) in [6.07, 6.45) is 2.36. The van der Waals surface area contributed by atoms with Gasteiger partial charge in [-0.15, -0.1) is 0 Å². The van der Waals surface area contributed by atoms with Crippen molar-refractivity contribution in [1.82, 2.24) is 9.80 Å². The lowest BCUT2D eigenvalue weighted by molar-refractivity contribution is -0.159. The van der Waals surface area contributed by atoms with Gasteiger partial charge in [-0.05, 0) is 48.7 Å². The minimum absolute atomic E-state index is 0.0702. The molecule has 5 rings (SSSR count). The predicted octanol–water partition coefficient (Wildman–Crippen LogP) is 2.79. The van der Waals surface area contributed by atoms with Crippen molar-refractivity contribution in [3.63, 3.8) is 0 Å². The first-order valence-corrected chi connectivity index (χ1v) is 10.9. The number of rotatable bonds is 3. The minimum atomic E-state index is -0.446. The van der Waals surface area contributed by atoms with Gasteiger partial charge in [0.1, 0.15) is 12.4 Å². The third kappa shape index (κ3) is 3.94. The Bertz CT molecular complexity index is 1100. The third-order valence-electron chi connectivity index (χ3n) is 6.41. The maximum atomic E-state index is 13.4. The largest absolute Gasteiger partial charge is 0.394 e. The van der Waals surface area contributed by atoms with Crippen LogP contribution in [0.25, 0.3) is 0 Å². The molecule has 32 heavy (non-hydrogen) atoms. The molecule has 164 valence electrons. The van der Waals surface area contributed by atoms with Gasteiger partial charge in [-0.3, -0.25) is 4.79 Å². The number of urea groups is 1. The van der Waals surface area contributed by atoms with Crippen molar-refractivity contribution in [2.24, 2.45) is 5.92 Å². The number of anilines is 1. The number of piperazine rings is 1. The Morgan fingerprint density at radius 2 is 1.97 bits per heavy atom. The molecule has 3 fully saturated rings. The van der Waals surface area contributed by atoms with E-state index in [9.17, 15) is 19.1 Å². The normalized spacial score (nSPS) is 24.2. The molecule has 0 bridgehead atoms. The second kappa shape index (κ2) is 8.29. The second-order valence-corrected chi connectivity index (χ2v) is 8.63. The monoisotopic (exact) mass is 433 g/mol. The number of carbonyl (C=O) groups is 2. The van der Waals surface area contributed by atoms with Gasteiger partial charge in [-0.1, -0.05) is 30.0 Å². The number of nitrogens with zero attached hydrogens (tertiary/aromatic N) is 2. The Balaban J connectivity index is 1.31. The van der Waals surface area contributed by atoms with Crippen LogP contribution in [-0.2, 0) is 4.79 Å². The van der Waals surface area contributed by atoms with Gasteiger partial charge in [-0.25, -0.2) is 9.18 Å². The number of fused-ring (bicyclic) bond motifs is 1. The average molecular weight is 433 g/mol. The lowest BCUT2D eigenvalue weighted by Gasteiger charge is -2.58. The molecule has 2 aromatic rings. The number of halogens is 1. The van der Waals surface area contributed by atoms with Crippen molar-refractivity contribution in [1.29, 1.82) is 0 Å². The number of aliphatic hydroxyl groups excluding tert-OH is 1. The molecule has 7 heteroatoms. The second-order valence-electron chi connectivity index (χ2n) is 8.63. The number of benzene rings is 2. The van der Waals surface area contributed by atoms with Crippen LogP contribution in [0.4, 0.5) is 14.9 Å². The molecule has 3 amide bonds. The molecule has 0 unspecified atom stereocenters. The van der Waals surface area contributed by atoms with E-state index in [1.54, 1.807) is 11.0 Å². The van der Waals surface area contributed by atoms with Crippen LogP contribution in [0.15, 0.2) is 48.5 Å². The summed E-state index contributed by atoms with van der Waals surface area (Å²) in [5, 5.41) is 12.6. The number of carbonyl (C=O) groups excluding carboxylic acids is 2. The van der Waals surface area contributed by atoms with E-state index in [0.717, 1.165) is 11.1 Å². The number of aliphatic hydroxyl groups is 1. The van der Waals surface area contributed by atoms with Crippen LogP contribution in [-0.4, -0.2) is 58.6 Å². The van der Waals surface area contributed by atoms with Crippen molar-refractivity contribution >= 4 is 17.6 Å². The fourth-order valence-corrected chi connectivity index (χ4v) is 4.62. The van der Waals surface area contributed by atoms with Gasteiger partial charge in [0, 0.05) is 29.6 Å². The summed E-state index contributed by atoms with van der Waals surface area (Å²) in [5.74, 6) is 6.26. The molecule has 2 N–H and O–H groups in total. The first-order valence-electron chi connectivity index (χ1n) is 10.9. The first kappa shape index (κ1) is 20.5. The highest BCUT2D eigenvalue weighted by atomic mass is 19.1. The lowest BCUT2D eigenvalue weighted by Crippen LogP contribution is -2.73. The van der Waals surface area contributed by atoms with Gasteiger partial charge in [0.05, 0.1) is 18.7 Å². The lowest BCUT2D eigenvalue weighted by atomic mass is 9.73. The van der Waals surface area contributed by atoms with E-state index in [2.05, 4.69) is 17.2 Å². The molecule has 0 radical (unpaired) electrons. The zero-order chi connectivity index (χ0) is 22.2. The van der Waals surface area contributed by atoms with Crippen molar-refractivity contribution in [3.8, 4) is 11.8 Å². The van der Waals surface area contributed by atoms with Crippen LogP contribution >= 0.6 is 0 Å². The quantitative estimate of drug-likeness (QED) is 0.732. The number of hydrogen-bond donors (Lipinski definition) is 2. The fourth-order valence-electron chi connectivity index (χ4n) is 4.62. The van der Waals surface area contributed by atoms with E-state index in [4.69, 9.17) is 0 Å². The Kier molecular flexibility index (Phi) is 5.32. The van der Waals surface area contributed by atoms with Crippen LogP contribution < -0.4 is 5.32 Å². The highest BCUT2D eigenvalue weighted by Gasteiger charge is 2.54. The van der Waals surface area contributed by atoms with Gasteiger partial charge in [-0.2, -0.15) is 0 Å². The molecular formula is C25H24FN3O3. The Morgan fingerprint density at radius 1 is 1.19 bits per heavy atom. The van der Waals surface area contributed by atoms with E-state index in [1.165, 1.54) is 35.9 Å². The summed E-state index contributed by atoms with van der Waals surface area (Å²) >= 11 is 0. The molecule has 0 aromatic heterocycles. The standard InChI is InChI=1S/C25H24FN3O3/c26-19-2-1-3-20(12-19)27-25(32)28-13-21-24(22(15-30)29(21)23(31)14-28)18-10-8-17(9-11-18)7-6-16-4-5-16/h1-3,8-12,16,21-22,24,30H,4-5,13-15H2,(H,27,32)/t21-,22-,24+/m1/s1. The van der Waals surface area contributed by atoms with E-state index < -0.39 is 11.8 Å². The number of amides is 3. The zero-order valence-electron chi connectivity index (χ0n) is 17.5. The average Bonchev–Trinajstić information content (AvgIpc) is 3.59. The maximum Gasteiger partial charge on any atom is 0.322 e. The summed E-state index contributed by atoms with van der Waals surface area (Å²) in [4.78, 5) is 28.6. The van der Waals surface area contributed by atoms with Gasteiger partial charge in [0.25, 0.3) is 0 Å². The highest BCUT2D eigenvalue weighted by Crippen LogP contribution is 2.43. The molecule has 1 aliphatic carbocycles. The summed E-state index contributed by atoms with van der Waals surface area (Å²) in [5.41, 5.74) is 2.31. The summed E-state index contributed by atoms with van der Waals surface area (Å²) in [6.45, 7) is 0.138. The van der Waals surface area contributed by atoms with E-state index in [-0.39, 0.29) is 37.1 Å². The van der Waals surface area contributed by atoms with Gasteiger partial charge >= 0.3 is 6.03 Å². The molecule has 6 nitrogen and oxygen atoms in total. The molecular weight excluding hydrogens is 409 g/mol. The fraction of sp³-hybridized carbons (Fsp3) is 0.360. The summed E-state index contributed by atoms with van der Waals surface area (Å²) < 4.78 is 13.4. The van der Waals surface area contributed by atoms with Crippen LogP contribution in [0.5, 0.6) is 0 Å². The first-order chi connectivity index (χ1) is 15.5. The van der Waals surface area contributed by atoms with Crippen LogP contribution in [0.2, 0.25) is 0 Å². The zero-order valence-corrected chi connectivity index (χ0v) is 17.5. The van der Waals surface area contributed by atoms with E-state index >= 15 is 0 Å². The maximum absolute atomic E-state index is 13.4. The van der Waals surface area contributed by atoms with Gasteiger partial charge in [0.2, 0.25) is 5.91 Å². The predicted molar refractivity (Wildman–Crippen MR) is 117 cm³/mol. The molecule has 3 atom stereocenters. The van der Waals surface area contributed by atoms with Crippen molar-refractivity contribution in [3.05, 3.63) is 65.5 Å². The van der Waals surface area contributed by atoms with Crippen LogP contribution in [0.3, 0.4) is 0 Å². The molecule has 1 saturated carbocycles. The van der Waals surface area contributed by atoms with Crippen molar-refractivity contribution in [2.75, 3.05) is 25.0 Å². The van der Waals surface area contributed by atoms with E-state index in [0.29, 0.717) is 18.2 Å². The van der Waals surface area contributed by atoms with E-state index in [1.807, 2.05) is 24.3 Å². The van der Waals surface area contributed by atoms with Crippen molar-refractivity contribution in [2.45, 2.75) is 30.8 Å². The molecule has 2 aromatic carbocycles. The molecule has 2 aliphatic heterocycles. The minimum Gasteiger partial charge on any atom is -0.394 e. The van der Waals surface area contributed by atoms with Crippen molar-refractivity contribution < 1.29 is 19.1 Å². The number of hydrogen-bond acceptors (Lipinski definition) is 3. The smallest absolute Gasteiger partial charge is 0.322 e. The Hall–Kier alpha value is -3.37. The van der Waals surface area contributed by atoms with Crippen LogP contribution in [0, 0.1) is 23.6 Å². The highest BCUT2D eigenvalue weighted by molar-refractivity contribution is 5.93. The van der Waals surface area contributed by atoms with Gasteiger partial charge < -0.3 is 20.2 Å².